The normalized spacial score (nSPS) is 18.8. The monoisotopic (exact) mass is 257 g/mol. The Balaban J connectivity index is 2.06. The second kappa shape index (κ2) is 5.38. The Hall–Kier alpha value is -1.28. The smallest absolute Gasteiger partial charge is 0.0566 e. The highest BCUT2D eigenvalue weighted by atomic mass is 16.3. The molecule has 1 atom stereocenters. The van der Waals surface area contributed by atoms with E-state index in [0.717, 1.165) is 6.42 Å². The van der Waals surface area contributed by atoms with Crippen molar-refractivity contribution >= 4 is 10.9 Å². The topological polar surface area (TPSA) is 25.2 Å². The van der Waals surface area contributed by atoms with Crippen LogP contribution < -0.4 is 0 Å². The minimum Gasteiger partial charge on any atom is -0.393 e. The van der Waals surface area contributed by atoms with Crippen LogP contribution in [0, 0.1) is 0 Å². The predicted molar refractivity (Wildman–Crippen MR) is 79.4 cm³/mol. The van der Waals surface area contributed by atoms with E-state index >= 15 is 0 Å². The van der Waals surface area contributed by atoms with Crippen LogP contribution in [0.15, 0.2) is 30.3 Å². The number of aliphatic hydroxyl groups excluding tert-OH is 1. The summed E-state index contributed by atoms with van der Waals surface area (Å²) in [5, 5.41) is 11.0. The van der Waals surface area contributed by atoms with Gasteiger partial charge in [-0.1, -0.05) is 37.5 Å². The van der Waals surface area contributed by atoms with Crippen LogP contribution in [0.3, 0.4) is 0 Å². The van der Waals surface area contributed by atoms with Gasteiger partial charge in [0.05, 0.1) is 6.10 Å². The quantitative estimate of drug-likeness (QED) is 0.881. The summed E-state index contributed by atoms with van der Waals surface area (Å²) in [6.07, 6.45) is 7.10. The van der Waals surface area contributed by atoms with Crippen molar-refractivity contribution in [2.45, 2.75) is 57.6 Å². The molecule has 1 aliphatic rings. The first kappa shape index (κ1) is 12.7. The summed E-state index contributed by atoms with van der Waals surface area (Å²) in [5.41, 5.74) is 2.63. The molecule has 1 N–H and O–H groups in total. The van der Waals surface area contributed by atoms with Gasteiger partial charge in [-0.15, -0.1) is 0 Å². The molecule has 1 fully saturated rings. The summed E-state index contributed by atoms with van der Waals surface area (Å²) in [7, 11) is 0. The van der Waals surface area contributed by atoms with Crippen LogP contribution in [-0.2, 0) is 6.42 Å². The number of rotatable bonds is 3. The number of hydrogen-bond donors (Lipinski definition) is 1. The van der Waals surface area contributed by atoms with E-state index in [1.807, 2.05) is 6.92 Å². The number of aliphatic hydroxyl groups is 1. The third-order valence-electron chi connectivity index (χ3n) is 4.27. The Morgan fingerprint density at radius 3 is 2.68 bits per heavy atom. The highest BCUT2D eigenvalue weighted by Crippen LogP contribution is 2.34. The van der Waals surface area contributed by atoms with Crippen molar-refractivity contribution in [1.29, 1.82) is 0 Å². The molecule has 0 radical (unpaired) electrons. The molecule has 2 heteroatoms. The lowest BCUT2D eigenvalue weighted by molar-refractivity contribution is 0.191. The van der Waals surface area contributed by atoms with Gasteiger partial charge in [0.15, 0.2) is 0 Å². The molecule has 0 aliphatic heterocycles. The van der Waals surface area contributed by atoms with Gasteiger partial charge in [0.25, 0.3) is 0 Å². The van der Waals surface area contributed by atoms with Gasteiger partial charge in [-0.05, 0) is 37.3 Å². The van der Waals surface area contributed by atoms with Crippen LogP contribution in [0.1, 0.15) is 50.8 Å². The summed E-state index contributed by atoms with van der Waals surface area (Å²) in [6, 6.07) is 11.5. The predicted octanol–water partition coefficient (Wildman–Crippen LogP) is 4.07. The third kappa shape index (κ3) is 2.55. The number of para-hydroxylation sites is 1. The van der Waals surface area contributed by atoms with Gasteiger partial charge in [-0.2, -0.15) is 0 Å². The van der Waals surface area contributed by atoms with Crippen molar-refractivity contribution < 1.29 is 5.11 Å². The summed E-state index contributed by atoms with van der Waals surface area (Å²) in [6.45, 7) is 1.88. The van der Waals surface area contributed by atoms with Crippen molar-refractivity contribution in [3.63, 3.8) is 0 Å². The molecule has 1 aliphatic carbocycles. The standard InChI is InChI=1S/C17H23NO/c1-13(19)11-16-12-14-7-5-6-10-17(14)18(16)15-8-3-2-4-9-15/h5-7,10,12-13,15,19H,2-4,8-9,11H2,1H3. The Kier molecular flexibility index (Phi) is 3.61. The van der Waals surface area contributed by atoms with Gasteiger partial charge in [0.1, 0.15) is 0 Å². The Labute approximate surface area is 115 Å². The van der Waals surface area contributed by atoms with Crippen LogP contribution in [0.5, 0.6) is 0 Å². The maximum atomic E-state index is 9.74. The first-order valence-electron chi connectivity index (χ1n) is 7.52. The fraction of sp³-hybridized carbons (Fsp3) is 0.529. The van der Waals surface area contributed by atoms with Crippen molar-refractivity contribution in [3.8, 4) is 0 Å². The van der Waals surface area contributed by atoms with E-state index in [1.54, 1.807) is 0 Å². The molecule has 0 amide bonds. The number of benzene rings is 1. The minimum absolute atomic E-state index is 0.272. The lowest BCUT2D eigenvalue weighted by Crippen LogP contribution is -2.17. The van der Waals surface area contributed by atoms with Gasteiger partial charge in [-0.25, -0.2) is 0 Å². The Morgan fingerprint density at radius 1 is 1.21 bits per heavy atom. The number of nitrogens with zero attached hydrogens (tertiary/aromatic N) is 1. The molecule has 3 rings (SSSR count). The fourth-order valence-corrected chi connectivity index (χ4v) is 3.46. The largest absolute Gasteiger partial charge is 0.393 e. The number of aromatic nitrogens is 1. The fourth-order valence-electron chi connectivity index (χ4n) is 3.46. The molecule has 102 valence electrons. The maximum absolute atomic E-state index is 9.74. The molecular formula is C17H23NO. The molecule has 19 heavy (non-hydrogen) atoms. The first-order chi connectivity index (χ1) is 9.25. The van der Waals surface area contributed by atoms with Crippen LogP contribution >= 0.6 is 0 Å². The zero-order valence-electron chi connectivity index (χ0n) is 11.7. The van der Waals surface area contributed by atoms with Crippen molar-refractivity contribution in [1.82, 2.24) is 4.57 Å². The summed E-state index contributed by atoms with van der Waals surface area (Å²) in [5.74, 6) is 0. The van der Waals surface area contributed by atoms with Crippen molar-refractivity contribution in [3.05, 3.63) is 36.0 Å². The second-order valence-electron chi connectivity index (χ2n) is 5.91. The first-order valence-corrected chi connectivity index (χ1v) is 7.52. The summed E-state index contributed by atoms with van der Waals surface area (Å²) >= 11 is 0. The van der Waals surface area contributed by atoms with Crippen LogP contribution in [0.2, 0.25) is 0 Å². The zero-order chi connectivity index (χ0) is 13.2. The SMILES string of the molecule is CC(O)Cc1cc2ccccc2n1C1CCCCC1. The van der Waals surface area contributed by atoms with E-state index in [9.17, 15) is 5.11 Å². The molecule has 1 aromatic carbocycles. The average molecular weight is 257 g/mol. The van der Waals surface area contributed by atoms with Gasteiger partial charge >= 0.3 is 0 Å². The lowest BCUT2D eigenvalue weighted by atomic mass is 9.95. The molecule has 1 unspecified atom stereocenters. The summed E-state index contributed by atoms with van der Waals surface area (Å²) in [4.78, 5) is 0. The van der Waals surface area contributed by atoms with Gasteiger partial charge in [0.2, 0.25) is 0 Å². The van der Waals surface area contributed by atoms with Gasteiger partial charge in [0, 0.05) is 23.7 Å². The van der Waals surface area contributed by atoms with E-state index < -0.39 is 0 Å². The zero-order valence-corrected chi connectivity index (χ0v) is 11.7. The van der Waals surface area contributed by atoms with E-state index in [-0.39, 0.29) is 6.10 Å². The van der Waals surface area contributed by atoms with E-state index in [4.69, 9.17) is 0 Å². The highest BCUT2D eigenvalue weighted by Gasteiger charge is 2.20. The van der Waals surface area contributed by atoms with Crippen molar-refractivity contribution in [2.24, 2.45) is 0 Å². The molecule has 1 saturated carbocycles. The van der Waals surface area contributed by atoms with Crippen molar-refractivity contribution in [2.75, 3.05) is 0 Å². The van der Waals surface area contributed by atoms with Gasteiger partial charge in [-0.3, -0.25) is 0 Å². The second-order valence-corrected chi connectivity index (χ2v) is 5.91. The van der Waals surface area contributed by atoms with E-state index in [0.29, 0.717) is 6.04 Å². The molecule has 0 spiro atoms. The van der Waals surface area contributed by atoms with Crippen LogP contribution in [-0.4, -0.2) is 15.8 Å². The number of hydrogen-bond acceptors (Lipinski definition) is 1. The molecule has 0 bridgehead atoms. The van der Waals surface area contributed by atoms with E-state index in [2.05, 4.69) is 34.9 Å². The van der Waals surface area contributed by atoms with E-state index in [1.165, 1.54) is 48.7 Å². The Bertz CT molecular complexity index is 549. The molecular weight excluding hydrogens is 234 g/mol. The van der Waals surface area contributed by atoms with Gasteiger partial charge < -0.3 is 9.67 Å². The van der Waals surface area contributed by atoms with Crippen LogP contribution in [0.4, 0.5) is 0 Å². The average Bonchev–Trinajstić information content (AvgIpc) is 2.76. The molecule has 1 heterocycles. The highest BCUT2D eigenvalue weighted by molar-refractivity contribution is 5.81. The number of fused-ring (bicyclic) bond motifs is 1. The maximum Gasteiger partial charge on any atom is 0.0566 e. The summed E-state index contributed by atoms with van der Waals surface area (Å²) < 4.78 is 2.50. The molecule has 2 nitrogen and oxygen atoms in total. The molecule has 2 aromatic rings. The minimum atomic E-state index is -0.272. The molecule has 1 aromatic heterocycles. The lowest BCUT2D eigenvalue weighted by Gasteiger charge is -2.27. The Morgan fingerprint density at radius 2 is 1.95 bits per heavy atom. The van der Waals surface area contributed by atoms with Crippen LogP contribution in [0.25, 0.3) is 10.9 Å². The third-order valence-corrected chi connectivity index (χ3v) is 4.27. The molecule has 0 saturated heterocycles.